The Kier molecular flexibility index (Phi) is 8.14. The Bertz CT molecular complexity index is 1100. The highest BCUT2D eigenvalue weighted by molar-refractivity contribution is 9.10. The molecule has 0 radical (unpaired) electrons. The largest absolute Gasteiger partial charge is 1.00 e. The predicted octanol–water partition coefficient (Wildman–Crippen LogP) is 1.07. The summed E-state index contributed by atoms with van der Waals surface area (Å²) in [6, 6.07) is 13.7. The number of nitrogens with zero attached hydrogens (tertiary/aromatic N) is 4. The van der Waals surface area contributed by atoms with Crippen molar-refractivity contribution in [2.45, 2.75) is 45.3 Å². The molecule has 1 aromatic heterocycles. The molecule has 0 aliphatic carbocycles. The molecule has 0 bridgehead atoms. The lowest BCUT2D eigenvalue weighted by molar-refractivity contribution is -0.710. The van der Waals surface area contributed by atoms with Crippen molar-refractivity contribution >= 4 is 33.1 Å². The fourth-order valence-corrected chi connectivity index (χ4v) is 4.06. The van der Waals surface area contributed by atoms with Crippen LogP contribution < -0.4 is 26.9 Å². The second-order valence-corrected chi connectivity index (χ2v) is 8.46. The minimum absolute atomic E-state index is 0. The molecular formula is C22H23Br2N5O3. The quantitative estimate of drug-likeness (QED) is 0.200. The van der Waals surface area contributed by atoms with Gasteiger partial charge in [0.15, 0.2) is 12.3 Å². The van der Waals surface area contributed by atoms with Gasteiger partial charge in [-0.1, -0.05) is 15.9 Å². The molecule has 32 heavy (non-hydrogen) atoms. The molecule has 0 saturated carbocycles. The number of carbonyl (C=O) groups excluding carboxylic acids is 1. The van der Waals surface area contributed by atoms with Crippen molar-refractivity contribution < 1.29 is 31.3 Å². The summed E-state index contributed by atoms with van der Waals surface area (Å²) in [5.41, 5.74) is 1.42. The number of Topliss-reactive ketones (excluding diaryl/α,β-unsaturated/α-hetero) is 1. The standard InChI is InChI=1S/C22H23BrN5O3.BrH/c23-17-7-9-18(10-8-17)24-14-21-25-27(22-4-2-1-3-13-26(21)22)15-20(29)16-5-11-19(12-6-16)28(30)31;/h5-12,24H,1-4,13-15H2;1H/q+1;/p-1. The third-order valence-electron chi connectivity index (χ3n) is 5.43. The van der Waals surface area contributed by atoms with Crippen molar-refractivity contribution in [3.63, 3.8) is 0 Å². The molecule has 2 heterocycles. The number of hydrogen-bond donors (Lipinski definition) is 1. The second-order valence-electron chi connectivity index (χ2n) is 7.54. The number of nitro benzene ring substituents is 1. The van der Waals surface area contributed by atoms with Crippen molar-refractivity contribution in [1.29, 1.82) is 0 Å². The SMILES string of the molecule is O=C(Cn1nc(CNc2ccc(Br)cc2)[n+]2c1CCCCC2)c1ccc([N+](=O)[O-])cc1.[Br-]. The molecular weight excluding hydrogens is 542 g/mol. The monoisotopic (exact) mass is 563 g/mol. The van der Waals surface area contributed by atoms with Gasteiger partial charge in [-0.15, -0.1) is 4.68 Å². The number of non-ortho nitro benzene ring substituents is 1. The molecule has 2 aromatic carbocycles. The highest BCUT2D eigenvalue weighted by Gasteiger charge is 2.28. The van der Waals surface area contributed by atoms with Gasteiger partial charge in [-0.25, -0.2) is 4.57 Å². The second kappa shape index (κ2) is 10.8. The fraction of sp³-hybridized carbons (Fsp3) is 0.318. The van der Waals surface area contributed by atoms with Gasteiger partial charge >= 0.3 is 0 Å². The minimum atomic E-state index is -0.469. The Hall–Kier alpha value is -2.59. The van der Waals surface area contributed by atoms with E-state index in [0.29, 0.717) is 12.1 Å². The van der Waals surface area contributed by atoms with Crippen LogP contribution in [0, 0.1) is 10.1 Å². The van der Waals surface area contributed by atoms with Gasteiger partial charge in [-0.05, 0) is 55.7 Å². The Morgan fingerprint density at radius 3 is 2.53 bits per heavy atom. The minimum Gasteiger partial charge on any atom is -1.00 e. The zero-order valence-corrected chi connectivity index (χ0v) is 20.5. The van der Waals surface area contributed by atoms with Gasteiger partial charge in [-0.3, -0.25) is 14.9 Å². The third-order valence-corrected chi connectivity index (χ3v) is 5.96. The van der Waals surface area contributed by atoms with Crippen molar-refractivity contribution in [2.75, 3.05) is 5.32 Å². The average molecular weight is 565 g/mol. The number of anilines is 1. The molecule has 0 fully saturated rings. The number of nitro groups is 1. The average Bonchev–Trinajstić information content (AvgIpc) is 2.93. The van der Waals surface area contributed by atoms with E-state index in [1.165, 1.54) is 24.3 Å². The number of ketones is 1. The number of fused-ring (bicyclic) bond motifs is 1. The summed E-state index contributed by atoms with van der Waals surface area (Å²) >= 11 is 3.44. The van der Waals surface area contributed by atoms with Crippen LogP contribution in [0.3, 0.4) is 0 Å². The number of aromatic nitrogens is 3. The fourth-order valence-electron chi connectivity index (χ4n) is 3.79. The van der Waals surface area contributed by atoms with Gasteiger partial charge in [0.05, 0.1) is 11.5 Å². The lowest BCUT2D eigenvalue weighted by atomic mass is 10.1. The first-order chi connectivity index (χ1) is 15.0. The van der Waals surface area contributed by atoms with Gasteiger partial charge in [0.1, 0.15) is 6.54 Å². The van der Waals surface area contributed by atoms with Crippen LogP contribution >= 0.6 is 15.9 Å². The summed E-state index contributed by atoms with van der Waals surface area (Å²) in [6.45, 7) is 1.57. The molecule has 0 atom stereocenters. The van der Waals surface area contributed by atoms with Crippen LogP contribution in [-0.4, -0.2) is 20.5 Å². The van der Waals surface area contributed by atoms with E-state index in [4.69, 9.17) is 5.10 Å². The summed E-state index contributed by atoms with van der Waals surface area (Å²) in [4.78, 5) is 23.2. The summed E-state index contributed by atoms with van der Waals surface area (Å²) in [5, 5.41) is 19.0. The summed E-state index contributed by atoms with van der Waals surface area (Å²) in [5.74, 6) is 1.84. The number of halogens is 2. The van der Waals surface area contributed by atoms with E-state index in [1.54, 1.807) is 4.68 Å². The van der Waals surface area contributed by atoms with E-state index in [-0.39, 0.29) is 35.0 Å². The summed E-state index contributed by atoms with van der Waals surface area (Å²) in [7, 11) is 0. The van der Waals surface area contributed by atoms with Gasteiger partial charge in [-0.2, -0.15) is 0 Å². The molecule has 168 valence electrons. The third kappa shape index (κ3) is 5.60. The Labute approximate surface area is 204 Å². The first kappa shape index (κ1) is 24.1. The molecule has 0 saturated heterocycles. The first-order valence-corrected chi connectivity index (χ1v) is 11.1. The predicted molar refractivity (Wildman–Crippen MR) is 119 cm³/mol. The molecule has 0 amide bonds. The highest BCUT2D eigenvalue weighted by Crippen LogP contribution is 2.17. The molecule has 1 N–H and O–H groups in total. The van der Waals surface area contributed by atoms with E-state index in [0.717, 1.165) is 54.0 Å². The van der Waals surface area contributed by atoms with Crippen molar-refractivity contribution in [1.82, 2.24) is 9.78 Å². The summed E-state index contributed by atoms with van der Waals surface area (Å²) < 4.78 is 5.05. The lowest BCUT2D eigenvalue weighted by Crippen LogP contribution is -3.00. The van der Waals surface area contributed by atoms with E-state index >= 15 is 0 Å². The van der Waals surface area contributed by atoms with Gasteiger partial charge in [0, 0.05) is 39.4 Å². The van der Waals surface area contributed by atoms with Crippen LogP contribution in [0.5, 0.6) is 0 Å². The van der Waals surface area contributed by atoms with Crippen LogP contribution in [-0.2, 0) is 26.1 Å². The van der Waals surface area contributed by atoms with Gasteiger partial charge < -0.3 is 22.3 Å². The molecule has 8 nitrogen and oxygen atoms in total. The molecule has 4 rings (SSSR count). The maximum absolute atomic E-state index is 12.8. The molecule has 0 unspecified atom stereocenters. The molecule has 1 aliphatic rings. The van der Waals surface area contributed by atoms with Crippen molar-refractivity contribution in [3.05, 3.63) is 80.3 Å². The Morgan fingerprint density at radius 1 is 1.12 bits per heavy atom. The van der Waals surface area contributed by atoms with Crippen LogP contribution in [0.2, 0.25) is 0 Å². The van der Waals surface area contributed by atoms with E-state index < -0.39 is 4.92 Å². The number of nitrogens with one attached hydrogen (secondary N) is 1. The Morgan fingerprint density at radius 2 is 1.84 bits per heavy atom. The number of benzene rings is 2. The topological polar surface area (TPSA) is 93.9 Å². The van der Waals surface area contributed by atoms with E-state index in [1.807, 2.05) is 24.3 Å². The van der Waals surface area contributed by atoms with Crippen molar-refractivity contribution in [2.24, 2.45) is 0 Å². The van der Waals surface area contributed by atoms with Crippen LogP contribution in [0.15, 0.2) is 53.0 Å². The maximum Gasteiger partial charge on any atom is 0.296 e. The number of rotatable bonds is 7. The zero-order valence-electron chi connectivity index (χ0n) is 17.3. The lowest BCUT2D eigenvalue weighted by Gasteiger charge is -2.04. The smallest absolute Gasteiger partial charge is 0.296 e. The van der Waals surface area contributed by atoms with Gasteiger partial charge in [0.2, 0.25) is 5.82 Å². The molecule has 0 spiro atoms. The molecule has 3 aromatic rings. The van der Waals surface area contributed by atoms with Crippen LogP contribution in [0.25, 0.3) is 0 Å². The van der Waals surface area contributed by atoms with Crippen molar-refractivity contribution in [3.8, 4) is 0 Å². The summed E-state index contributed by atoms with van der Waals surface area (Å²) in [6.07, 6.45) is 4.18. The van der Waals surface area contributed by atoms with Crippen LogP contribution in [0.1, 0.15) is 41.3 Å². The molecule has 1 aliphatic heterocycles. The van der Waals surface area contributed by atoms with Gasteiger partial charge in [0.25, 0.3) is 11.5 Å². The number of hydrogen-bond acceptors (Lipinski definition) is 5. The maximum atomic E-state index is 12.8. The van der Waals surface area contributed by atoms with E-state index in [2.05, 4.69) is 25.8 Å². The Balaban J connectivity index is 0.00000289. The van der Waals surface area contributed by atoms with Crippen LogP contribution in [0.4, 0.5) is 11.4 Å². The zero-order chi connectivity index (χ0) is 21.8. The number of carbonyl (C=O) groups is 1. The first-order valence-electron chi connectivity index (χ1n) is 10.3. The molecule has 10 heteroatoms. The normalized spacial score (nSPS) is 12.9. The highest BCUT2D eigenvalue weighted by atomic mass is 79.9. The van der Waals surface area contributed by atoms with E-state index in [9.17, 15) is 14.9 Å².